The Morgan fingerprint density at radius 3 is 2.59 bits per heavy atom. The topological polar surface area (TPSA) is 76.3 Å². The molecule has 158 valence electrons. The Bertz CT molecular complexity index is 1480. The highest BCUT2D eigenvalue weighted by molar-refractivity contribution is 7.22. The number of anilines is 1. The van der Waals surface area contributed by atoms with Gasteiger partial charge in [0.05, 0.1) is 27.8 Å². The fourth-order valence-electron chi connectivity index (χ4n) is 3.61. The number of para-hydroxylation sites is 1. The number of benzene rings is 2. The molecule has 6 nitrogen and oxygen atoms in total. The van der Waals surface area contributed by atoms with Gasteiger partial charge in [0.25, 0.3) is 5.91 Å². The van der Waals surface area contributed by atoms with Gasteiger partial charge >= 0.3 is 0 Å². The summed E-state index contributed by atoms with van der Waals surface area (Å²) in [7, 11) is 0. The second-order valence-corrected chi connectivity index (χ2v) is 8.54. The third-order valence-corrected chi connectivity index (χ3v) is 6.58. The van der Waals surface area contributed by atoms with Gasteiger partial charge in [-0.25, -0.2) is 4.98 Å². The van der Waals surface area contributed by atoms with Crippen molar-refractivity contribution in [2.24, 2.45) is 0 Å². The quantitative estimate of drug-likeness (QED) is 0.380. The second kappa shape index (κ2) is 8.01. The predicted octanol–water partition coefficient (Wildman–Crippen LogP) is 5.26. The fraction of sp³-hybridized carbons (Fsp3) is 0.120. The van der Waals surface area contributed by atoms with E-state index in [1.165, 1.54) is 22.5 Å². The Morgan fingerprint density at radius 2 is 1.81 bits per heavy atom. The molecule has 0 aliphatic rings. The summed E-state index contributed by atoms with van der Waals surface area (Å²) in [5.41, 5.74) is 3.71. The molecule has 0 bridgehead atoms. The van der Waals surface area contributed by atoms with E-state index >= 15 is 0 Å². The van der Waals surface area contributed by atoms with E-state index in [9.17, 15) is 9.59 Å². The Labute approximate surface area is 187 Å². The molecule has 0 fully saturated rings. The molecule has 0 radical (unpaired) electrons. The van der Waals surface area contributed by atoms with E-state index in [-0.39, 0.29) is 17.5 Å². The van der Waals surface area contributed by atoms with Gasteiger partial charge in [0, 0.05) is 6.20 Å². The number of aromatic nitrogens is 2. The van der Waals surface area contributed by atoms with Gasteiger partial charge in [-0.2, -0.15) is 0 Å². The van der Waals surface area contributed by atoms with E-state index in [1.54, 1.807) is 30.5 Å². The standard InChI is InChI=1S/C25H19N3O3S/c1-15-10-11-16(2)23-21(15)27-25(32-23)28(13-17-7-5-6-12-26-17)24(30)19-14-31-20-9-4-3-8-18(20)22(19)29/h3-12,14H,13H2,1-2H3. The third kappa shape index (κ3) is 3.46. The molecular weight excluding hydrogens is 422 g/mol. The first-order chi connectivity index (χ1) is 15.5. The highest BCUT2D eigenvalue weighted by atomic mass is 32.1. The van der Waals surface area contributed by atoms with Gasteiger partial charge in [-0.3, -0.25) is 19.5 Å². The number of rotatable bonds is 4. The summed E-state index contributed by atoms with van der Waals surface area (Å²) in [4.78, 5) is 37.4. The maximum Gasteiger partial charge on any atom is 0.267 e. The van der Waals surface area contributed by atoms with Crippen LogP contribution in [0.5, 0.6) is 0 Å². The van der Waals surface area contributed by atoms with Crippen molar-refractivity contribution in [3.05, 3.63) is 99.7 Å². The number of amides is 1. The molecule has 0 saturated heterocycles. The molecule has 32 heavy (non-hydrogen) atoms. The highest BCUT2D eigenvalue weighted by Gasteiger charge is 2.26. The predicted molar refractivity (Wildman–Crippen MR) is 126 cm³/mol. The molecule has 0 atom stereocenters. The number of carbonyl (C=O) groups excluding carboxylic acids is 1. The lowest BCUT2D eigenvalue weighted by atomic mass is 10.1. The Morgan fingerprint density at radius 1 is 1.03 bits per heavy atom. The van der Waals surface area contributed by atoms with E-state index in [0.717, 1.165) is 21.3 Å². The molecule has 5 rings (SSSR count). The molecule has 3 heterocycles. The average molecular weight is 442 g/mol. The lowest BCUT2D eigenvalue weighted by Crippen LogP contribution is -2.34. The van der Waals surface area contributed by atoms with Crippen LogP contribution >= 0.6 is 11.3 Å². The maximum absolute atomic E-state index is 13.7. The van der Waals surface area contributed by atoms with E-state index < -0.39 is 5.91 Å². The number of aryl methyl sites for hydroxylation is 2. The third-order valence-electron chi connectivity index (χ3n) is 5.36. The first kappa shape index (κ1) is 20.1. The number of hydrogen-bond donors (Lipinski definition) is 0. The SMILES string of the molecule is Cc1ccc(C)c2sc(N(Cc3ccccn3)C(=O)c3coc4ccccc4c3=O)nc12. The van der Waals surface area contributed by atoms with Crippen molar-refractivity contribution in [2.75, 3.05) is 4.90 Å². The van der Waals surface area contributed by atoms with Crippen LogP contribution in [0, 0.1) is 13.8 Å². The number of pyridine rings is 1. The molecule has 1 amide bonds. The van der Waals surface area contributed by atoms with E-state index in [0.29, 0.717) is 21.8 Å². The smallest absolute Gasteiger partial charge is 0.267 e. The average Bonchev–Trinajstić information content (AvgIpc) is 3.27. The maximum atomic E-state index is 13.7. The molecule has 5 aromatic rings. The summed E-state index contributed by atoms with van der Waals surface area (Å²) >= 11 is 1.43. The second-order valence-electron chi connectivity index (χ2n) is 7.56. The number of nitrogens with zero attached hydrogens (tertiary/aromatic N) is 3. The lowest BCUT2D eigenvalue weighted by molar-refractivity contribution is 0.0982. The van der Waals surface area contributed by atoms with E-state index in [1.807, 2.05) is 44.2 Å². The molecule has 0 spiro atoms. The molecule has 0 aliphatic heterocycles. The monoisotopic (exact) mass is 441 g/mol. The summed E-state index contributed by atoms with van der Waals surface area (Å²) in [6.07, 6.45) is 2.91. The minimum absolute atomic E-state index is 0.0349. The van der Waals surface area contributed by atoms with Crippen molar-refractivity contribution in [1.29, 1.82) is 0 Å². The van der Waals surface area contributed by atoms with Crippen LogP contribution in [-0.4, -0.2) is 15.9 Å². The van der Waals surface area contributed by atoms with Crippen molar-refractivity contribution in [2.45, 2.75) is 20.4 Å². The molecule has 0 aliphatic carbocycles. The zero-order chi connectivity index (χ0) is 22.2. The molecule has 0 saturated carbocycles. The van der Waals surface area contributed by atoms with Gasteiger partial charge in [-0.05, 0) is 49.2 Å². The van der Waals surface area contributed by atoms with Crippen LogP contribution in [0.2, 0.25) is 0 Å². The Kier molecular flexibility index (Phi) is 5.03. The number of fused-ring (bicyclic) bond motifs is 2. The van der Waals surface area contributed by atoms with Crippen LogP contribution in [0.15, 0.2) is 76.3 Å². The molecule has 0 unspecified atom stereocenters. The summed E-state index contributed by atoms with van der Waals surface area (Å²) in [5.74, 6) is -0.468. The van der Waals surface area contributed by atoms with Crippen LogP contribution in [0.3, 0.4) is 0 Å². The Hall–Kier alpha value is -3.84. The van der Waals surface area contributed by atoms with Crippen molar-refractivity contribution in [3.63, 3.8) is 0 Å². The van der Waals surface area contributed by atoms with Crippen molar-refractivity contribution in [1.82, 2.24) is 9.97 Å². The first-order valence-electron chi connectivity index (χ1n) is 10.1. The summed E-state index contributed by atoms with van der Waals surface area (Å²) in [6.45, 7) is 4.20. The number of hydrogen-bond acceptors (Lipinski definition) is 6. The first-order valence-corrected chi connectivity index (χ1v) is 10.9. The molecule has 7 heteroatoms. The van der Waals surface area contributed by atoms with E-state index in [4.69, 9.17) is 9.40 Å². The number of thiazole rings is 1. The van der Waals surface area contributed by atoms with Gasteiger partial charge in [-0.1, -0.05) is 41.7 Å². The summed E-state index contributed by atoms with van der Waals surface area (Å²) < 4.78 is 6.62. The molecule has 3 aromatic heterocycles. The van der Waals surface area contributed by atoms with Crippen LogP contribution in [0.25, 0.3) is 21.2 Å². The normalized spacial score (nSPS) is 11.2. The molecule has 0 N–H and O–H groups in total. The molecular formula is C25H19N3O3S. The minimum Gasteiger partial charge on any atom is -0.463 e. The Balaban J connectivity index is 1.66. The number of carbonyl (C=O) groups is 1. The van der Waals surface area contributed by atoms with Crippen LogP contribution in [0.1, 0.15) is 27.2 Å². The van der Waals surface area contributed by atoms with Gasteiger partial charge in [0.15, 0.2) is 5.13 Å². The van der Waals surface area contributed by atoms with E-state index in [2.05, 4.69) is 4.98 Å². The minimum atomic E-state index is -0.468. The summed E-state index contributed by atoms with van der Waals surface area (Å²) in [6, 6.07) is 16.5. The van der Waals surface area contributed by atoms with Gasteiger partial charge < -0.3 is 4.42 Å². The summed E-state index contributed by atoms with van der Waals surface area (Å²) in [5, 5.41) is 0.882. The largest absolute Gasteiger partial charge is 0.463 e. The van der Waals surface area contributed by atoms with Crippen LogP contribution < -0.4 is 10.3 Å². The van der Waals surface area contributed by atoms with Gasteiger partial charge in [0.1, 0.15) is 17.4 Å². The van der Waals surface area contributed by atoms with Crippen LogP contribution in [0.4, 0.5) is 5.13 Å². The highest BCUT2D eigenvalue weighted by Crippen LogP contribution is 2.34. The lowest BCUT2D eigenvalue weighted by Gasteiger charge is -2.19. The van der Waals surface area contributed by atoms with Crippen molar-refractivity contribution >= 4 is 43.6 Å². The zero-order valence-corrected chi connectivity index (χ0v) is 18.3. The fourth-order valence-corrected chi connectivity index (χ4v) is 4.72. The van der Waals surface area contributed by atoms with Crippen molar-refractivity contribution in [3.8, 4) is 0 Å². The van der Waals surface area contributed by atoms with Crippen LogP contribution in [-0.2, 0) is 6.54 Å². The van der Waals surface area contributed by atoms with Gasteiger partial charge in [0.2, 0.25) is 5.43 Å². The molecule has 2 aromatic carbocycles. The van der Waals surface area contributed by atoms with Crippen molar-refractivity contribution < 1.29 is 9.21 Å². The van der Waals surface area contributed by atoms with Gasteiger partial charge in [-0.15, -0.1) is 0 Å². The zero-order valence-electron chi connectivity index (χ0n) is 17.5.